The molecule has 0 aliphatic carbocycles. The van der Waals surface area contributed by atoms with E-state index in [1.165, 1.54) is 116 Å². The average Bonchev–Trinajstić information content (AvgIpc) is 2.77. The summed E-state index contributed by atoms with van der Waals surface area (Å²) >= 11 is 0. The Morgan fingerprint density at radius 1 is 0.371 bits per heavy atom. The molecular formula is C30H68O4Ti. The first kappa shape index (κ1) is 45.5. The van der Waals surface area contributed by atoms with Gasteiger partial charge in [0.1, 0.15) is 0 Å². The van der Waals surface area contributed by atoms with Gasteiger partial charge in [-0.2, -0.15) is 0 Å². The van der Waals surface area contributed by atoms with E-state index in [1.54, 1.807) is 27.7 Å². The molecule has 0 aromatic heterocycles. The third-order valence-corrected chi connectivity index (χ3v) is 5.02. The van der Waals surface area contributed by atoms with Gasteiger partial charge in [-0.05, 0) is 40.5 Å². The second-order valence-electron chi connectivity index (χ2n) is 10.00. The molecule has 0 radical (unpaired) electrons. The minimum atomic E-state index is -0.167. The van der Waals surface area contributed by atoms with E-state index in [0.717, 1.165) is 12.8 Å². The van der Waals surface area contributed by atoms with Gasteiger partial charge < -0.3 is 20.4 Å². The van der Waals surface area contributed by atoms with E-state index in [-0.39, 0.29) is 33.9 Å². The Kier molecular flexibility index (Phi) is 62.0. The third-order valence-electron chi connectivity index (χ3n) is 5.02. The van der Waals surface area contributed by atoms with Crippen molar-refractivity contribution < 1.29 is 42.1 Å². The molecule has 4 nitrogen and oxygen atoms in total. The molecule has 0 unspecified atom stereocenters. The van der Waals surface area contributed by atoms with Gasteiger partial charge in [0.05, 0.1) is 0 Å². The number of unbranched alkanes of at least 4 members (excludes halogenated alkanes) is 18. The van der Waals surface area contributed by atoms with Crippen LogP contribution in [-0.4, -0.2) is 45.8 Å². The zero-order chi connectivity index (χ0) is 26.7. The summed E-state index contributed by atoms with van der Waals surface area (Å²) in [5.74, 6) is 0. The van der Waals surface area contributed by atoms with E-state index >= 15 is 0 Å². The van der Waals surface area contributed by atoms with Crippen molar-refractivity contribution in [3.8, 4) is 0 Å². The van der Waals surface area contributed by atoms with Crippen LogP contribution in [0.25, 0.3) is 0 Å². The van der Waals surface area contributed by atoms with Crippen molar-refractivity contribution >= 4 is 0 Å². The number of aliphatic hydroxyl groups is 4. The maximum atomic E-state index is 8.57. The Morgan fingerprint density at radius 2 is 0.514 bits per heavy atom. The van der Waals surface area contributed by atoms with Gasteiger partial charge in [0, 0.05) is 47.1 Å². The molecule has 216 valence electrons. The first-order valence-electron chi connectivity index (χ1n) is 14.9. The Balaban J connectivity index is -0.000000128. The van der Waals surface area contributed by atoms with Gasteiger partial charge in [-0.1, -0.05) is 129 Å². The SMILES string of the molecule is CC(C)O.CC(C)O.CCCCCCCCCCCCO.CCCCCCCCCCCCO.[Ti]. The number of hydrogen-bond acceptors (Lipinski definition) is 4. The second-order valence-corrected chi connectivity index (χ2v) is 10.00. The van der Waals surface area contributed by atoms with Crippen LogP contribution >= 0.6 is 0 Å². The second kappa shape index (κ2) is 47.7. The molecule has 0 bridgehead atoms. The molecule has 0 amide bonds. The van der Waals surface area contributed by atoms with E-state index in [2.05, 4.69) is 13.8 Å². The Bertz CT molecular complexity index is 236. The molecule has 0 aromatic carbocycles. The van der Waals surface area contributed by atoms with Crippen LogP contribution in [0.1, 0.15) is 170 Å². The Morgan fingerprint density at radius 3 is 0.657 bits per heavy atom. The van der Waals surface area contributed by atoms with Crippen LogP contribution < -0.4 is 0 Å². The molecule has 0 heterocycles. The summed E-state index contributed by atoms with van der Waals surface area (Å²) in [7, 11) is 0. The summed E-state index contributed by atoms with van der Waals surface area (Å²) in [6.07, 6.45) is 26.3. The van der Waals surface area contributed by atoms with Crippen molar-refractivity contribution in [3.05, 3.63) is 0 Å². The predicted molar refractivity (Wildman–Crippen MR) is 153 cm³/mol. The van der Waals surface area contributed by atoms with Crippen LogP contribution in [0.2, 0.25) is 0 Å². The number of aliphatic hydroxyl groups excluding tert-OH is 4. The van der Waals surface area contributed by atoms with Crippen LogP contribution in [0.5, 0.6) is 0 Å². The number of rotatable bonds is 20. The van der Waals surface area contributed by atoms with Gasteiger partial charge in [0.2, 0.25) is 0 Å². The maximum Gasteiger partial charge on any atom is 0.0483 e. The van der Waals surface area contributed by atoms with Crippen molar-refractivity contribution in [1.29, 1.82) is 0 Å². The molecule has 35 heavy (non-hydrogen) atoms. The molecular weight excluding hydrogens is 472 g/mol. The minimum absolute atomic E-state index is 0. The topological polar surface area (TPSA) is 80.9 Å². The van der Waals surface area contributed by atoms with Crippen LogP contribution in [0.3, 0.4) is 0 Å². The predicted octanol–water partition coefficient (Wildman–Crippen LogP) is 8.57. The van der Waals surface area contributed by atoms with E-state index in [1.807, 2.05) is 0 Å². The monoisotopic (exact) mass is 540 g/mol. The first-order chi connectivity index (χ1) is 16.3. The summed E-state index contributed by atoms with van der Waals surface area (Å²) < 4.78 is 0. The van der Waals surface area contributed by atoms with Crippen molar-refractivity contribution in [1.82, 2.24) is 0 Å². The van der Waals surface area contributed by atoms with Crippen LogP contribution in [0.15, 0.2) is 0 Å². The quantitative estimate of drug-likeness (QED) is 0.0921. The van der Waals surface area contributed by atoms with Crippen molar-refractivity contribution in [2.24, 2.45) is 0 Å². The van der Waals surface area contributed by atoms with Crippen molar-refractivity contribution in [2.45, 2.75) is 182 Å². The van der Waals surface area contributed by atoms with Gasteiger partial charge in [-0.3, -0.25) is 0 Å². The fraction of sp³-hybridized carbons (Fsp3) is 1.00. The molecule has 0 aliphatic heterocycles. The summed E-state index contributed by atoms with van der Waals surface area (Å²) in [5, 5.41) is 33.2. The molecule has 0 rings (SSSR count). The minimum Gasteiger partial charge on any atom is -0.396 e. The molecule has 0 aromatic rings. The Labute approximate surface area is 237 Å². The molecule has 4 N–H and O–H groups in total. The van der Waals surface area contributed by atoms with E-state index in [0.29, 0.717) is 13.2 Å². The van der Waals surface area contributed by atoms with E-state index in [4.69, 9.17) is 20.4 Å². The molecule has 0 saturated carbocycles. The van der Waals surface area contributed by atoms with E-state index in [9.17, 15) is 0 Å². The molecule has 0 saturated heterocycles. The maximum absolute atomic E-state index is 8.57. The van der Waals surface area contributed by atoms with Gasteiger partial charge >= 0.3 is 0 Å². The van der Waals surface area contributed by atoms with Crippen LogP contribution in [0.4, 0.5) is 0 Å². The average molecular weight is 541 g/mol. The van der Waals surface area contributed by atoms with Crippen LogP contribution in [0, 0.1) is 0 Å². The largest absolute Gasteiger partial charge is 0.396 e. The molecule has 0 atom stereocenters. The summed E-state index contributed by atoms with van der Waals surface area (Å²) in [6, 6.07) is 0. The fourth-order valence-corrected chi connectivity index (χ4v) is 3.20. The molecule has 0 fully saturated rings. The molecule has 5 heteroatoms. The first-order valence-corrected chi connectivity index (χ1v) is 14.9. The summed E-state index contributed by atoms with van der Waals surface area (Å²) in [5.41, 5.74) is 0. The fourth-order valence-electron chi connectivity index (χ4n) is 3.20. The van der Waals surface area contributed by atoms with Crippen LogP contribution in [-0.2, 0) is 21.7 Å². The van der Waals surface area contributed by atoms with Gasteiger partial charge in [0.15, 0.2) is 0 Å². The van der Waals surface area contributed by atoms with Gasteiger partial charge in [0.25, 0.3) is 0 Å². The van der Waals surface area contributed by atoms with Gasteiger partial charge in [-0.15, -0.1) is 0 Å². The molecule has 0 aliphatic rings. The van der Waals surface area contributed by atoms with Gasteiger partial charge in [-0.25, -0.2) is 0 Å². The molecule has 0 spiro atoms. The van der Waals surface area contributed by atoms with Crippen molar-refractivity contribution in [3.63, 3.8) is 0 Å². The normalized spacial score (nSPS) is 9.94. The zero-order valence-corrected chi connectivity index (χ0v) is 26.6. The summed E-state index contributed by atoms with van der Waals surface area (Å²) in [4.78, 5) is 0. The Hall–Kier alpha value is 0.554. The van der Waals surface area contributed by atoms with E-state index < -0.39 is 0 Å². The third kappa shape index (κ3) is 86.7. The zero-order valence-electron chi connectivity index (χ0n) is 25.0. The standard InChI is InChI=1S/2C12H26O.2C3H8O.Ti/c2*1-2-3-4-5-6-7-8-9-10-11-12-13;2*1-3(2)4;/h2*13H,2-12H2,1H3;2*3-4H,1-2H3;. The smallest absolute Gasteiger partial charge is 0.0483 e. The summed E-state index contributed by atoms with van der Waals surface area (Å²) in [6.45, 7) is 12.1. The number of hydrogen-bond donors (Lipinski definition) is 4. The van der Waals surface area contributed by atoms with Crippen molar-refractivity contribution in [2.75, 3.05) is 13.2 Å².